The first kappa shape index (κ1) is 14.8. The molecule has 0 spiro atoms. The summed E-state index contributed by atoms with van der Waals surface area (Å²) in [5.41, 5.74) is 0.554. The molecule has 2 aromatic rings. The summed E-state index contributed by atoms with van der Waals surface area (Å²) in [4.78, 5) is 11.6. The van der Waals surface area contributed by atoms with E-state index in [-0.39, 0.29) is 5.78 Å². The molecular weight excluding hydrogens is 440 g/mol. The van der Waals surface area contributed by atoms with E-state index in [9.17, 15) is 4.79 Å². The van der Waals surface area contributed by atoms with Crippen molar-refractivity contribution >= 4 is 53.6 Å². The minimum Gasteiger partial charge on any atom is -0.455 e. The Bertz CT molecular complexity index is 639. The summed E-state index contributed by atoms with van der Waals surface area (Å²) in [5.74, 6) is 1.16. The van der Waals surface area contributed by atoms with Gasteiger partial charge in [0.25, 0.3) is 0 Å². The molecule has 2 nitrogen and oxygen atoms in total. The van der Waals surface area contributed by atoms with Gasteiger partial charge in [-0.25, -0.2) is 0 Å². The summed E-state index contributed by atoms with van der Waals surface area (Å²) >= 11 is 10.2. The van der Waals surface area contributed by atoms with Crippen molar-refractivity contribution in [1.82, 2.24) is 0 Å². The van der Waals surface area contributed by atoms with Crippen LogP contribution in [0.4, 0.5) is 0 Å². The standard InChI is InChI=1S/C14H9Br3O2/c1-8(18)11-4-2-10(16)7-14(11)19-13-5-3-9(15)6-12(13)17/h2-7H,1H3. The van der Waals surface area contributed by atoms with Gasteiger partial charge >= 0.3 is 0 Å². The molecule has 0 heterocycles. The fourth-order valence-electron chi connectivity index (χ4n) is 1.55. The molecule has 0 saturated heterocycles. The average Bonchev–Trinajstić information content (AvgIpc) is 2.32. The highest BCUT2D eigenvalue weighted by Gasteiger charge is 2.11. The van der Waals surface area contributed by atoms with E-state index in [2.05, 4.69) is 47.8 Å². The molecule has 0 radical (unpaired) electrons. The largest absolute Gasteiger partial charge is 0.455 e. The zero-order chi connectivity index (χ0) is 14.0. The van der Waals surface area contributed by atoms with Gasteiger partial charge in [0, 0.05) is 8.95 Å². The summed E-state index contributed by atoms with van der Waals surface area (Å²) in [6, 6.07) is 10.9. The van der Waals surface area contributed by atoms with Crippen molar-refractivity contribution in [2.24, 2.45) is 0 Å². The van der Waals surface area contributed by atoms with Gasteiger partial charge in [0.05, 0.1) is 10.0 Å². The molecule has 0 amide bonds. The number of hydrogen-bond acceptors (Lipinski definition) is 2. The van der Waals surface area contributed by atoms with Crippen molar-refractivity contribution in [2.45, 2.75) is 6.92 Å². The van der Waals surface area contributed by atoms with E-state index in [1.54, 1.807) is 12.1 Å². The Hall–Kier alpha value is -0.650. The third-order valence-electron chi connectivity index (χ3n) is 2.44. The zero-order valence-electron chi connectivity index (χ0n) is 9.91. The second kappa shape index (κ2) is 6.20. The fourth-order valence-corrected chi connectivity index (χ4v) is 3.02. The molecule has 0 fully saturated rings. The Morgan fingerprint density at radius 3 is 2.21 bits per heavy atom. The molecule has 5 heteroatoms. The molecule has 0 aliphatic rings. The number of hydrogen-bond donors (Lipinski definition) is 0. The second-order valence-corrected chi connectivity index (χ2v) is 6.56. The van der Waals surface area contributed by atoms with Crippen molar-refractivity contribution < 1.29 is 9.53 Å². The van der Waals surface area contributed by atoms with Crippen LogP contribution in [0.15, 0.2) is 49.8 Å². The van der Waals surface area contributed by atoms with Gasteiger partial charge in [-0.05, 0) is 59.3 Å². The number of ketones is 1. The summed E-state index contributed by atoms with van der Waals surface area (Å²) in [7, 11) is 0. The second-order valence-electron chi connectivity index (χ2n) is 3.87. The first-order valence-corrected chi connectivity index (χ1v) is 7.78. The maximum atomic E-state index is 11.6. The molecule has 0 atom stereocenters. The van der Waals surface area contributed by atoms with Crippen molar-refractivity contribution in [2.75, 3.05) is 0 Å². The number of halogens is 3. The molecule has 0 aliphatic heterocycles. The van der Waals surface area contributed by atoms with Crippen LogP contribution < -0.4 is 4.74 Å². The number of Topliss-reactive ketones (excluding diaryl/α,β-unsaturated/α-hetero) is 1. The van der Waals surface area contributed by atoms with Gasteiger partial charge in [-0.15, -0.1) is 0 Å². The third-order valence-corrected chi connectivity index (χ3v) is 4.04. The molecule has 0 bridgehead atoms. The molecule has 0 aliphatic carbocycles. The van der Waals surface area contributed by atoms with Gasteiger partial charge in [0.15, 0.2) is 5.78 Å². The summed E-state index contributed by atoms with van der Waals surface area (Å²) in [6.07, 6.45) is 0. The molecular formula is C14H9Br3O2. The van der Waals surface area contributed by atoms with Crippen LogP contribution in [0.2, 0.25) is 0 Å². The Morgan fingerprint density at radius 2 is 1.58 bits per heavy atom. The van der Waals surface area contributed by atoms with Crippen LogP contribution in [0.3, 0.4) is 0 Å². The Labute approximate surface area is 136 Å². The molecule has 19 heavy (non-hydrogen) atoms. The van der Waals surface area contributed by atoms with Gasteiger partial charge in [-0.3, -0.25) is 4.79 Å². The number of benzene rings is 2. The van der Waals surface area contributed by atoms with E-state index in [0.717, 1.165) is 13.4 Å². The fraction of sp³-hybridized carbons (Fsp3) is 0.0714. The van der Waals surface area contributed by atoms with Crippen LogP contribution in [0.25, 0.3) is 0 Å². The van der Waals surface area contributed by atoms with Gasteiger partial charge in [-0.1, -0.05) is 31.9 Å². The SMILES string of the molecule is CC(=O)c1ccc(Br)cc1Oc1ccc(Br)cc1Br. The molecule has 0 unspecified atom stereocenters. The van der Waals surface area contributed by atoms with E-state index in [4.69, 9.17) is 4.74 Å². The monoisotopic (exact) mass is 446 g/mol. The summed E-state index contributed by atoms with van der Waals surface area (Å²) < 4.78 is 8.45. The normalized spacial score (nSPS) is 10.3. The van der Waals surface area contributed by atoms with Crippen LogP contribution in [0.1, 0.15) is 17.3 Å². The predicted octanol–water partition coefficient (Wildman–Crippen LogP) is 5.97. The Balaban J connectivity index is 2.42. The minimum atomic E-state index is -0.0317. The molecule has 0 saturated carbocycles. The Morgan fingerprint density at radius 1 is 0.947 bits per heavy atom. The first-order valence-electron chi connectivity index (χ1n) is 5.41. The predicted molar refractivity (Wildman–Crippen MR) is 86.1 cm³/mol. The topological polar surface area (TPSA) is 26.3 Å². The molecule has 0 N–H and O–H groups in total. The lowest BCUT2D eigenvalue weighted by Crippen LogP contribution is -1.97. The van der Waals surface area contributed by atoms with Crippen molar-refractivity contribution in [3.8, 4) is 11.5 Å². The van der Waals surface area contributed by atoms with E-state index in [1.165, 1.54) is 6.92 Å². The van der Waals surface area contributed by atoms with Gasteiger partial charge < -0.3 is 4.74 Å². The van der Waals surface area contributed by atoms with E-state index < -0.39 is 0 Å². The van der Waals surface area contributed by atoms with Crippen molar-refractivity contribution in [3.05, 3.63) is 55.4 Å². The van der Waals surface area contributed by atoms with Gasteiger partial charge in [0.1, 0.15) is 11.5 Å². The number of carbonyl (C=O) groups is 1. The minimum absolute atomic E-state index is 0.0317. The van der Waals surface area contributed by atoms with E-state index in [0.29, 0.717) is 17.1 Å². The highest BCUT2D eigenvalue weighted by atomic mass is 79.9. The van der Waals surface area contributed by atoms with Crippen LogP contribution >= 0.6 is 47.8 Å². The molecule has 98 valence electrons. The molecule has 2 aromatic carbocycles. The lowest BCUT2D eigenvalue weighted by molar-refractivity contribution is 0.101. The maximum Gasteiger partial charge on any atom is 0.163 e. The average molecular weight is 449 g/mol. The Kier molecular flexibility index (Phi) is 4.81. The van der Waals surface area contributed by atoms with Crippen LogP contribution in [-0.4, -0.2) is 5.78 Å². The number of ether oxygens (including phenoxy) is 1. The first-order chi connectivity index (χ1) is 8.97. The molecule has 2 rings (SSSR count). The zero-order valence-corrected chi connectivity index (χ0v) is 14.7. The maximum absolute atomic E-state index is 11.6. The lowest BCUT2D eigenvalue weighted by atomic mass is 10.1. The summed E-state index contributed by atoms with van der Waals surface area (Å²) in [5, 5.41) is 0. The van der Waals surface area contributed by atoms with Crippen LogP contribution in [-0.2, 0) is 0 Å². The smallest absolute Gasteiger partial charge is 0.163 e. The quantitative estimate of drug-likeness (QED) is 0.541. The number of carbonyl (C=O) groups excluding carboxylic acids is 1. The molecule has 0 aromatic heterocycles. The highest BCUT2D eigenvalue weighted by Crippen LogP contribution is 2.34. The third kappa shape index (κ3) is 3.68. The van der Waals surface area contributed by atoms with E-state index >= 15 is 0 Å². The van der Waals surface area contributed by atoms with Crippen molar-refractivity contribution in [1.29, 1.82) is 0 Å². The number of rotatable bonds is 3. The lowest BCUT2D eigenvalue weighted by Gasteiger charge is -2.11. The van der Waals surface area contributed by atoms with Crippen LogP contribution in [0.5, 0.6) is 11.5 Å². The van der Waals surface area contributed by atoms with Crippen LogP contribution in [0, 0.1) is 0 Å². The van der Waals surface area contributed by atoms with E-state index in [1.807, 2.05) is 24.3 Å². The highest BCUT2D eigenvalue weighted by molar-refractivity contribution is 9.11. The van der Waals surface area contributed by atoms with Gasteiger partial charge in [-0.2, -0.15) is 0 Å². The van der Waals surface area contributed by atoms with Crippen molar-refractivity contribution in [3.63, 3.8) is 0 Å². The van der Waals surface area contributed by atoms with Gasteiger partial charge in [0.2, 0.25) is 0 Å². The summed E-state index contributed by atoms with van der Waals surface area (Å²) in [6.45, 7) is 1.52.